The highest BCUT2D eigenvalue weighted by Crippen LogP contribution is 2.40. The number of urea groups is 1. The zero-order chi connectivity index (χ0) is 15.0. The monoisotopic (exact) mass is 310 g/mol. The number of nitrogens with zero attached hydrogens (tertiary/aromatic N) is 1. The maximum atomic E-state index is 12.4. The Morgan fingerprint density at radius 3 is 2.71 bits per heavy atom. The molecule has 0 unspecified atom stereocenters. The minimum Gasteiger partial charge on any atom is -0.495 e. The van der Waals surface area contributed by atoms with Gasteiger partial charge in [-0.2, -0.15) is 0 Å². The fourth-order valence-electron chi connectivity index (χ4n) is 3.27. The second-order valence-electron chi connectivity index (χ2n) is 5.53. The third kappa shape index (κ3) is 2.50. The minimum atomic E-state index is -0.0855. The van der Waals surface area contributed by atoms with Gasteiger partial charge < -0.3 is 19.7 Å². The number of likely N-dealkylation sites (tertiary alicyclic amines) is 1. The van der Waals surface area contributed by atoms with Crippen LogP contribution < -0.4 is 14.8 Å². The minimum absolute atomic E-state index is 0.0855. The van der Waals surface area contributed by atoms with Crippen LogP contribution in [-0.2, 0) is 0 Å². The predicted octanol–water partition coefficient (Wildman–Crippen LogP) is 3.37. The van der Waals surface area contributed by atoms with Crippen molar-refractivity contribution in [3.63, 3.8) is 0 Å². The number of rotatable bonds is 3. The summed E-state index contributed by atoms with van der Waals surface area (Å²) in [6, 6.07) is 3.65. The number of hydrogen-bond donors (Lipinski definition) is 1. The van der Waals surface area contributed by atoms with Gasteiger partial charge in [-0.25, -0.2) is 4.79 Å². The van der Waals surface area contributed by atoms with Crippen LogP contribution in [-0.4, -0.2) is 37.7 Å². The molecule has 2 amide bonds. The van der Waals surface area contributed by atoms with Gasteiger partial charge in [-0.3, -0.25) is 0 Å². The molecule has 0 spiro atoms. The van der Waals surface area contributed by atoms with Gasteiger partial charge in [0.1, 0.15) is 11.5 Å². The van der Waals surface area contributed by atoms with Gasteiger partial charge in [-0.15, -0.1) is 0 Å². The molecule has 3 rings (SSSR count). The molecule has 1 aromatic rings. The van der Waals surface area contributed by atoms with Gasteiger partial charge in [-0.1, -0.05) is 18.0 Å². The summed E-state index contributed by atoms with van der Waals surface area (Å²) in [5, 5.41) is 3.33. The summed E-state index contributed by atoms with van der Waals surface area (Å²) in [4.78, 5) is 14.3. The Labute approximate surface area is 129 Å². The van der Waals surface area contributed by atoms with Crippen molar-refractivity contribution in [1.29, 1.82) is 0 Å². The number of hydrogen-bond acceptors (Lipinski definition) is 3. The maximum absolute atomic E-state index is 12.4. The first-order chi connectivity index (χ1) is 10.1. The van der Waals surface area contributed by atoms with Crippen LogP contribution in [0.2, 0.25) is 5.02 Å². The van der Waals surface area contributed by atoms with E-state index in [0.29, 0.717) is 34.2 Å². The van der Waals surface area contributed by atoms with E-state index < -0.39 is 0 Å². The van der Waals surface area contributed by atoms with Crippen LogP contribution in [0.3, 0.4) is 0 Å². The van der Waals surface area contributed by atoms with Crippen molar-refractivity contribution in [2.24, 2.45) is 5.92 Å². The van der Waals surface area contributed by atoms with Crippen molar-refractivity contribution in [2.45, 2.75) is 25.3 Å². The van der Waals surface area contributed by atoms with Gasteiger partial charge in [0.15, 0.2) is 0 Å². The lowest BCUT2D eigenvalue weighted by Gasteiger charge is -2.44. The molecule has 1 aromatic carbocycles. The summed E-state index contributed by atoms with van der Waals surface area (Å²) in [6.45, 7) is 0.850. The Hall–Kier alpha value is -1.62. The van der Waals surface area contributed by atoms with Gasteiger partial charge in [0.25, 0.3) is 0 Å². The summed E-state index contributed by atoms with van der Waals surface area (Å²) in [6.07, 6.45) is 3.57. The smallest absolute Gasteiger partial charge is 0.322 e. The standard InChI is InChI=1S/C15H19ClN2O3/c1-20-13-7-14(21-2)11(6-10(13)16)17-15(19)18-8-9-4-3-5-12(9)18/h6-7,9,12H,3-5,8H2,1-2H3,(H,17,19)/t9-,12-/m0/s1. The summed E-state index contributed by atoms with van der Waals surface area (Å²) in [5.74, 6) is 1.75. The molecule has 0 aromatic heterocycles. The molecule has 1 heterocycles. The lowest BCUT2D eigenvalue weighted by molar-refractivity contribution is 0.0797. The van der Waals surface area contributed by atoms with Gasteiger partial charge in [0.05, 0.1) is 24.9 Å². The highest BCUT2D eigenvalue weighted by molar-refractivity contribution is 6.32. The highest BCUT2D eigenvalue weighted by atomic mass is 35.5. The predicted molar refractivity (Wildman–Crippen MR) is 81.4 cm³/mol. The van der Waals surface area contributed by atoms with Crippen LogP contribution in [0.25, 0.3) is 0 Å². The van der Waals surface area contributed by atoms with Gasteiger partial charge >= 0.3 is 6.03 Å². The molecule has 5 nitrogen and oxygen atoms in total. The van der Waals surface area contributed by atoms with Crippen LogP contribution in [0.5, 0.6) is 11.5 Å². The van der Waals surface area contributed by atoms with Gasteiger partial charge in [0.2, 0.25) is 0 Å². The molecule has 0 bridgehead atoms. The molecule has 114 valence electrons. The van der Waals surface area contributed by atoms with Crippen LogP contribution in [0.15, 0.2) is 12.1 Å². The number of anilines is 1. The average Bonchev–Trinajstić information content (AvgIpc) is 2.80. The number of carbonyl (C=O) groups is 1. The van der Waals surface area contributed by atoms with E-state index in [1.54, 1.807) is 26.4 Å². The lowest BCUT2D eigenvalue weighted by atomic mass is 9.92. The van der Waals surface area contributed by atoms with Crippen molar-refractivity contribution in [1.82, 2.24) is 4.90 Å². The molecule has 1 aliphatic carbocycles. The number of methoxy groups -OCH3 is 2. The normalized spacial score (nSPS) is 23.3. The molecule has 1 N–H and O–H groups in total. The van der Waals surface area contributed by atoms with E-state index in [0.717, 1.165) is 13.0 Å². The molecule has 1 saturated carbocycles. The summed E-state index contributed by atoms with van der Waals surface area (Å²) in [5.41, 5.74) is 0.565. The third-order valence-electron chi connectivity index (χ3n) is 4.43. The number of ether oxygens (including phenoxy) is 2. The number of halogens is 1. The highest BCUT2D eigenvalue weighted by Gasteiger charge is 2.44. The molecule has 1 saturated heterocycles. The Morgan fingerprint density at radius 2 is 2.05 bits per heavy atom. The number of amides is 2. The summed E-state index contributed by atoms with van der Waals surface area (Å²) in [7, 11) is 3.09. The molecular weight excluding hydrogens is 292 g/mol. The molecule has 2 aliphatic rings. The van der Waals surface area contributed by atoms with Crippen molar-refractivity contribution >= 4 is 23.3 Å². The number of nitrogens with one attached hydrogen (secondary N) is 1. The Kier molecular flexibility index (Phi) is 3.85. The first-order valence-corrected chi connectivity index (χ1v) is 7.51. The average molecular weight is 311 g/mol. The van der Waals surface area contributed by atoms with Gasteiger partial charge in [-0.05, 0) is 24.8 Å². The van der Waals surface area contributed by atoms with Crippen molar-refractivity contribution in [3.8, 4) is 11.5 Å². The fourth-order valence-corrected chi connectivity index (χ4v) is 3.51. The number of fused-ring (bicyclic) bond motifs is 1. The van der Waals surface area contributed by atoms with Crippen LogP contribution in [0, 0.1) is 5.92 Å². The molecule has 1 aliphatic heterocycles. The molecule has 2 atom stereocenters. The molecular formula is C15H19ClN2O3. The van der Waals surface area contributed by atoms with E-state index in [-0.39, 0.29) is 6.03 Å². The zero-order valence-corrected chi connectivity index (χ0v) is 12.9. The second-order valence-corrected chi connectivity index (χ2v) is 5.94. The first-order valence-electron chi connectivity index (χ1n) is 7.13. The van der Waals surface area contributed by atoms with E-state index in [4.69, 9.17) is 21.1 Å². The lowest BCUT2D eigenvalue weighted by Crippen LogP contribution is -2.57. The first kappa shape index (κ1) is 14.3. The van der Waals surface area contributed by atoms with Crippen LogP contribution in [0.1, 0.15) is 19.3 Å². The van der Waals surface area contributed by atoms with E-state index in [9.17, 15) is 4.79 Å². The van der Waals surface area contributed by atoms with Crippen LogP contribution >= 0.6 is 11.6 Å². The number of carbonyl (C=O) groups excluding carboxylic acids is 1. The Morgan fingerprint density at radius 1 is 1.29 bits per heavy atom. The maximum Gasteiger partial charge on any atom is 0.322 e. The summed E-state index contributed by atoms with van der Waals surface area (Å²) >= 11 is 6.11. The van der Waals surface area contributed by atoms with Crippen LogP contribution in [0.4, 0.5) is 10.5 Å². The summed E-state index contributed by atoms with van der Waals surface area (Å²) < 4.78 is 10.4. The Balaban J connectivity index is 1.75. The molecule has 21 heavy (non-hydrogen) atoms. The van der Waals surface area contributed by atoms with Crippen molar-refractivity contribution in [2.75, 3.05) is 26.1 Å². The quantitative estimate of drug-likeness (QED) is 0.931. The fraction of sp³-hybridized carbons (Fsp3) is 0.533. The van der Waals surface area contributed by atoms with Crippen molar-refractivity contribution in [3.05, 3.63) is 17.2 Å². The zero-order valence-electron chi connectivity index (χ0n) is 12.2. The third-order valence-corrected chi connectivity index (χ3v) is 4.72. The van der Waals surface area contributed by atoms with Gasteiger partial charge in [0, 0.05) is 18.7 Å². The van der Waals surface area contributed by atoms with E-state index in [1.807, 2.05) is 4.90 Å². The molecule has 6 heteroatoms. The van der Waals surface area contributed by atoms with Crippen molar-refractivity contribution < 1.29 is 14.3 Å². The van der Waals surface area contributed by atoms with E-state index >= 15 is 0 Å². The topological polar surface area (TPSA) is 50.8 Å². The van der Waals surface area contributed by atoms with E-state index in [1.165, 1.54) is 12.8 Å². The number of benzene rings is 1. The molecule has 0 radical (unpaired) electrons. The van der Waals surface area contributed by atoms with E-state index in [2.05, 4.69) is 5.32 Å². The SMILES string of the molecule is COc1cc(OC)c(NC(=O)N2C[C@@H]3CCC[C@@H]32)cc1Cl. The second kappa shape index (κ2) is 5.64. The largest absolute Gasteiger partial charge is 0.495 e. The Bertz CT molecular complexity index is 564. The molecule has 2 fully saturated rings.